The second-order valence-electron chi connectivity index (χ2n) is 6.80. The minimum Gasteiger partial charge on any atom is -0.497 e. The predicted octanol–water partition coefficient (Wildman–Crippen LogP) is 4.69. The number of rotatable bonds is 5. The van der Waals surface area contributed by atoms with E-state index in [-0.39, 0.29) is 10.7 Å². The summed E-state index contributed by atoms with van der Waals surface area (Å²) in [7, 11) is 1.59. The number of aryl methyl sites for hydroxylation is 1. The zero-order valence-corrected chi connectivity index (χ0v) is 17.6. The van der Waals surface area contributed by atoms with Crippen molar-refractivity contribution in [3.05, 3.63) is 76.5 Å². The lowest BCUT2D eigenvalue weighted by molar-refractivity contribution is -0.133. The largest absolute Gasteiger partial charge is 0.497 e. The fourth-order valence-electron chi connectivity index (χ4n) is 3.29. The second kappa shape index (κ2) is 9.04. The van der Waals surface area contributed by atoms with Gasteiger partial charge in [-0.25, -0.2) is 19.5 Å². The third kappa shape index (κ3) is 4.49. The van der Waals surface area contributed by atoms with Gasteiger partial charge in [0.15, 0.2) is 5.17 Å². The van der Waals surface area contributed by atoms with E-state index >= 15 is 0 Å². The van der Waals surface area contributed by atoms with Crippen LogP contribution in [-0.2, 0) is 10.5 Å². The van der Waals surface area contributed by atoms with Gasteiger partial charge >= 0.3 is 12.1 Å². The van der Waals surface area contributed by atoms with E-state index in [4.69, 9.17) is 4.74 Å². The van der Waals surface area contributed by atoms with Crippen LogP contribution in [0.5, 0.6) is 5.75 Å². The van der Waals surface area contributed by atoms with Crippen LogP contribution in [0.3, 0.4) is 0 Å². The topological polar surface area (TPSA) is 99.4 Å². The van der Waals surface area contributed by atoms with Crippen LogP contribution in [0.1, 0.15) is 29.7 Å². The first-order valence-corrected chi connectivity index (χ1v) is 10.2. The molecule has 0 spiro atoms. The Balaban J connectivity index is 1.99. The number of methoxy groups -OCH3 is 1. The molecule has 0 saturated carbocycles. The molecule has 1 aliphatic heterocycles. The normalized spacial score (nSPS) is 16.3. The number of amides is 1. The predicted molar refractivity (Wildman–Crippen MR) is 116 cm³/mol. The molecule has 1 atom stereocenters. The SMILES string of the molecule is COc1ccc(CSC2=NC(C)=C(C(=O)O)C(c3cccc(C)c3)N2C(=O)O)cc1. The molecule has 2 N–H and O–H groups in total. The Bertz CT molecular complexity index is 1030. The Morgan fingerprint density at radius 1 is 1.13 bits per heavy atom. The third-order valence-corrected chi connectivity index (χ3v) is 5.74. The fourth-order valence-corrected chi connectivity index (χ4v) is 4.30. The number of ether oxygens (including phenoxy) is 1. The van der Waals surface area contributed by atoms with Crippen molar-refractivity contribution in [1.82, 2.24) is 4.90 Å². The number of aliphatic carboxylic acids is 1. The number of carboxylic acid groups (broad SMARTS) is 2. The van der Waals surface area contributed by atoms with Crippen molar-refractivity contribution in [2.75, 3.05) is 7.11 Å². The summed E-state index contributed by atoms with van der Waals surface area (Å²) in [6.45, 7) is 3.47. The molecule has 1 amide bonds. The molecule has 0 aliphatic carbocycles. The van der Waals surface area contributed by atoms with Crippen molar-refractivity contribution in [3.63, 3.8) is 0 Å². The quantitative estimate of drug-likeness (QED) is 0.720. The van der Waals surface area contributed by atoms with E-state index in [2.05, 4.69) is 4.99 Å². The highest BCUT2D eigenvalue weighted by Crippen LogP contribution is 2.38. The van der Waals surface area contributed by atoms with Gasteiger partial charge in [-0.1, -0.05) is 53.7 Å². The monoisotopic (exact) mass is 426 g/mol. The Morgan fingerprint density at radius 3 is 2.40 bits per heavy atom. The number of thioether (sulfide) groups is 1. The molecule has 8 heteroatoms. The number of benzene rings is 2. The van der Waals surface area contributed by atoms with Crippen molar-refractivity contribution in [2.24, 2.45) is 4.99 Å². The van der Waals surface area contributed by atoms with Crippen molar-refractivity contribution >= 4 is 29.0 Å². The zero-order valence-electron chi connectivity index (χ0n) is 16.8. The highest BCUT2D eigenvalue weighted by Gasteiger charge is 2.39. The van der Waals surface area contributed by atoms with Crippen LogP contribution in [0.25, 0.3) is 0 Å². The number of carboxylic acids is 1. The molecule has 156 valence electrons. The first-order chi connectivity index (χ1) is 14.3. The van der Waals surface area contributed by atoms with Gasteiger partial charge in [0.05, 0.1) is 18.4 Å². The van der Waals surface area contributed by atoms with Crippen LogP contribution >= 0.6 is 11.8 Å². The number of hydrogen-bond donors (Lipinski definition) is 2. The molecule has 0 fully saturated rings. The summed E-state index contributed by atoms with van der Waals surface area (Å²) < 4.78 is 5.15. The summed E-state index contributed by atoms with van der Waals surface area (Å²) in [4.78, 5) is 29.6. The van der Waals surface area contributed by atoms with Gasteiger partial charge in [0.2, 0.25) is 0 Å². The minimum absolute atomic E-state index is 0.0446. The molecular weight excluding hydrogens is 404 g/mol. The lowest BCUT2D eigenvalue weighted by atomic mass is 9.94. The standard InChI is InChI=1S/C22H22N2O5S/c1-13-5-4-6-16(11-13)19-18(20(25)26)14(2)23-21(24(19)22(27)28)30-12-15-7-9-17(29-3)10-8-15/h4-11,19H,12H2,1-3H3,(H,25,26)(H,27,28). The smallest absolute Gasteiger partial charge is 0.414 e. The van der Waals surface area contributed by atoms with Crippen molar-refractivity contribution in [2.45, 2.75) is 25.6 Å². The van der Waals surface area contributed by atoms with Gasteiger partial charge in [-0.3, -0.25) is 0 Å². The van der Waals surface area contributed by atoms with Crippen molar-refractivity contribution in [3.8, 4) is 5.75 Å². The first kappa shape index (κ1) is 21.4. The highest BCUT2D eigenvalue weighted by atomic mass is 32.2. The molecule has 0 aromatic heterocycles. The Hall–Kier alpha value is -3.26. The molecule has 0 saturated heterocycles. The molecule has 0 bridgehead atoms. The molecule has 7 nitrogen and oxygen atoms in total. The van der Waals surface area contributed by atoms with Crippen LogP contribution in [-0.4, -0.2) is 39.5 Å². The summed E-state index contributed by atoms with van der Waals surface area (Å²) in [5.41, 5.74) is 2.72. The molecule has 0 radical (unpaired) electrons. The van der Waals surface area contributed by atoms with Gasteiger partial charge < -0.3 is 14.9 Å². The number of nitrogens with zero attached hydrogens (tertiary/aromatic N) is 2. The number of allylic oxidation sites excluding steroid dienone is 1. The molecule has 1 heterocycles. The van der Waals surface area contributed by atoms with Crippen LogP contribution in [0.15, 0.2) is 64.8 Å². The Labute approximate surface area is 178 Å². The third-order valence-electron chi connectivity index (χ3n) is 4.71. The van der Waals surface area contributed by atoms with Crippen LogP contribution < -0.4 is 4.74 Å². The maximum atomic E-state index is 12.2. The summed E-state index contributed by atoms with van der Waals surface area (Å²) in [5.74, 6) is 0.0200. The van der Waals surface area contributed by atoms with E-state index in [9.17, 15) is 19.8 Å². The second-order valence-corrected chi connectivity index (χ2v) is 7.75. The number of amidine groups is 1. The minimum atomic E-state index is -1.26. The lowest BCUT2D eigenvalue weighted by Gasteiger charge is -2.34. The summed E-state index contributed by atoms with van der Waals surface area (Å²) in [6, 6.07) is 13.7. The van der Waals surface area contributed by atoms with Gasteiger partial charge in [0.1, 0.15) is 11.8 Å². The van der Waals surface area contributed by atoms with E-state index in [0.29, 0.717) is 17.0 Å². The van der Waals surface area contributed by atoms with Crippen LogP contribution in [0.4, 0.5) is 4.79 Å². The van der Waals surface area contributed by atoms with E-state index in [1.54, 1.807) is 32.2 Å². The van der Waals surface area contributed by atoms with Gasteiger partial charge in [-0.2, -0.15) is 0 Å². The van der Waals surface area contributed by atoms with Crippen LogP contribution in [0, 0.1) is 6.92 Å². The fraction of sp³-hybridized carbons (Fsp3) is 0.227. The zero-order chi connectivity index (χ0) is 21.8. The lowest BCUT2D eigenvalue weighted by Crippen LogP contribution is -2.42. The molecular formula is C22H22N2O5S. The molecule has 1 aliphatic rings. The number of aliphatic imine (C=N–C) groups is 1. The van der Waals surface area contributed by atoms with Gasteiger partial charge in [0.25, 0.3) is 0 Å². The first-order valence-electron chi connectivity index (χ1n) is 9.19. The molecule has 2 aromatic carbocycles. The highest BCUT2D eigenvalue weighted by molar-refractivity contribution is 8.13. The van der Waals surface area contributed by atoms with E-state index in [1.807, 2.05) is 37.3 Å². The molecule has 30 heavy (non-hydrogen) atoms. The Kier molecular flexibility index (Phi) is 6.47. The number of carbonyl (C=O) groups is 2. The maximum Gasteiger partial charge on any atom is 0.414 e. The summed E-state index contributed by atoms with van der Waals surface area (Å²) in [5, 5.41) is 20.0. The van der Waals surface area contributed by atoms with Gasteiger partial charge in [-0.05, 0) is 37.1 Å². The summed E-state index contributed by atoms with van der Waals surface area (Å²) >= 11 is 1.25. The van der Waals surface area contributed by atoms with Gasteiger partial charge in [-0.15, -0.1) is 0 Å². The van der Waals surface area contributed by atoms with Crippen LogP contribution in [0.2, 0.25) is 0 Å². The van der Waals surface area contributed by atoms with E-state index < -0.39 is 18.1 Å². The Morgan fingerprint density at radius 2 is 1.83 bits per heavy atom. The van der Waals surface area contributed by atoms with Crippen molar-refractivity contribution in [1.29, 1.82) is 0 Å². The molecule has 1 unspecified atom stereocenters. The van der Waals surface area contributed by atoms with Crippen molar-refractivity contribution < 1.29 is 24.5 Å². The summed E-state index contributed by atoms with van der Waals surface area (Å²) in [6.07, 6.45) is -1.26. The maximum absolute atomic E-state index is 12.2. The van der Waals surface area contributed by atoms with E-state index in [0.717, 1.165) is 21.8 Å². The average Bonchev–Trinajstić information content (AvgIpc) is 2.71. The van der Waals surface area contributed by atoms with E-state index in [1.165, 1.54) is 11.8 Å². The average molecular weight is 426 g/mol. The molecule has 3 rings (SSSR count). The number of hydrogen-bond acceptors (Lipinski definition) is 5. The molecule has 2 aromatic rings. The van der Waals surface area contributed by atoms with Gasteiger partial charge in [0, 0.05) is 5.75 Å².